The number of hydrogen-bond acceptors (Lipinski definition) is 3. The van der Waals surface area contributed by atoms with E-state index in [9.17, 15) is 0 Å². The Morgan fingerprint density at radius 1 is 1.57 bits per heavy atom. The number of nitrogens with one attached hydrogen (secondary N) is 1. The molecular formula is C11H15NO2. The van der Waals surface area contributed by atoms with Crippen LogP contribution < -0.4 is 10.1 Å². The largest absolute Gasteiger partial charge is 0.497 e. The fourth-order valence-corrected chi connectivity index (χ4v) is 1.79. The van der Waals surface area contributed by atoms with E-state index >= 15 is 0 Å². The highest BCUT2D eigenvalue weighted by Gasteiger charge is 2.17. The highest BCUT2D eigenvalue weighted by atomic mass is 16.5. The lowest BCUT2D eigenvalue weighted by atomic mass is 9.94. The Labute approximate surface area is 83.7 Å². The van der Waals surface area contributed by atoms with Gasteiger partial charge in [-0.3, -0.25) is 0 Å². The normalized spacial score (nSPS) is 19.7. The monoisotopic (exact) mass is 193 g/mol. The first kappa shape index (κ1) is 9.34. The molecule has 0 fully saturated rings. The van der Waals surface area contributed by atoms with Gasteiger partial charge >= 0.3 is 0 Å². The van der Waals surface area contributed by atoms with Crippen molar-refractivity contribution in [2.45, 2.75) is 6.42 Å². The fourth-order valence-electron chi connectivity index (χ4n) is 1.79. The van der Waals surface area contributed by atoms with Gasteiger partial charge in [0.05, 0.1) is 7.11 Å². The van der Waals surface area contributed by atoms with Gasteiger partial charge in [0.25, 0.3) is 0 Å². The van der Waals surface area contributed by atoms with Crippen molar-refractivity contribution in [1.82, 2.24) is 0 Å². The quantitative estimate of drug-likeness (QED) is 0.743. The standard InChI is InChI=1S/C11H15NO2/c1-14-10-3-2-9-4-8(7-13)6-12-11(9)5-10/h2-3,5,8,12-13H,4,6-7H2,1H3. The summed E-state index contributed by atoms with van der Waals surface area (Å²) in [5.74, 6) is 1.22. The summed E-state index contributed by atoms with van der Waals surface area (Å²) in [6.45, 7) is 1.09. The Balaban J connectivity index is 2.23. The lowest BCUT2D eigenvalue weighted by molar-refractivity contribution is 0.230. The first-order valence-electron chi connectivity index (χ1n) is 4.85. The molecule has 1 aromatic rings. The molecule has 1 aliphatic rings. The second-order valence-electron chi connectivity index (χ2n) is 3.66. The molecular weight excluding hydrogens is 178 g/mol. The van der Waals surface area contributed by atoms with Gasteiger partial charge in [0.1, 0.15) is 5.75 Å². The maximum atomic E-state index is 9.05. The first-order valence-corrected chi connectivity index (χ1v) is 4.85. The van der Waals surface area contributed by atoms with Gasteiger partial charge in [0, 0.05) is 30.8 Å². The van der Waals surface area contributed by atoms with E-state index in [2.05, 4.69) is 11.4 Å². The molecule has 3 heteroatoms. The Morgan fingerprint density at radius 3 is 3.14 bits per heavy atom. The van der Waals surface area contributed by atoms with Crippen molar-refractivity contribution in [1.29, 1.82) is 0 Å². The SMILES string of the molecule is COc1ccc2c(c1)NCC(CO)C2. The van der Waals surface area contributed by atoms with Gasteiger partial charge < -0.3 is 15.2 Å². The van der Waals surface area contributed by atoms with E-state index < -0.39 is 0 Å². The molecule has 1 heterocycles. The lowest BCUT2D eigenvalue weighted by Gasteiger charge is -2.24. The predicted molar refractivity (Wildman–Crippen MR) is 55.8 cm³/mol. The summed E-state index contributed by atoms with van der Waals surface area (Å²) in [5.41, 5.74) is 2.39. The molecule has 76 valence electrons. The summed E-state index contributed by atoms with van der Waals surface area (Å²) in [5, 5.41) is 12.4. The number of rotatable bonds is 2. The predicted octanol–water partition coefficient (Wildman–Crippen LogP) is 1.27. The van der Waals surface area contributed by atoms with Crippen LogP contribution in [0.2, 0.25) is 0 Å². The van der Waals surface area contributed by atoms with Gasteiger partial charge in [0.15, 0.2) is 0 Å². The number of benzene rings is 1. The summed E-state index contributed by atoms with van der Waals surface area (Å²) in [7, 11) is 1.67. The smallest absolute Gasteiger partial charge is 0.120 e. The Bertz CT molecular complexity index is 325. The average Bonchev–Trinajstić information content (AvgIpc) is 2.27. The van der Waals surface area contributed by atoms with Crippen molar-refractivity contribution >= 4 is 5.69 Å². The van der Waals surface area contributed by atoms with Crippen LogP contribution in [0.15, 0.2) is 18.2 Å². The molecule has 0 bridgehead atoms. The molecule has 0 spiro atoms. The highest BCUT2D eigenvalue weighted by Crippen LogP contribution is 2.28. The lowest BCUT2D eigenvalue weighted by Crippen LogP contribution is -2.25. The van der Waals surface area contributed by atoms with Crippen molar-refractivity contribution in [3.63, 3.8) is 0 Å². The van der Waals surface area contributed by atoms with Crippen molar-refractivity contribution in [2.75, 3.05) is 25.6 Å². The summed E-state index contributed by atoms with van der Waals surface area (Å²) in [4.78, 5) is 0. The zero-order valence-corrected chi connectivity index (χ0v) is 8.29. The number of ether oxygens (including phenoxy) is 1. The van der Waals surface area contributed by atoms with Gasteiger partial charge in [-0.15, -0.1) is 0 Å². The minimum atomic E-state index is 0.248. The Morgan fingerprint density at radius 2 is 2.43 bits per heavy atom. The van der Waals surface area contributed by atoms with Gasteiger partial charge in [0.2, 0.25) is 0 Å². The van der Waals surface area contributed by atoms with Gasteiger partial charge in [-0.25, -0.2) is 0 Å². The minimum Gasteiger partial charge on any atom is -0.497 e. The molecule has 0 radical (unpaired) electrons. The number of fused-ring (bicyclic) bond motifs is 1. The van der Waals surface area contributed by atoms with E-state index in [1.54, 1.807) is 7.11 Å². The molecule has 2 rings (SSSR count). The topological polar surface area (TPSA) is 41.5 Å². The third-order valence-corrected chi connectivity index (χ3v) is 2.67. The number of aliphatic hydroxyl groups is 1. The number of hydrogen-bond donors (Lipinski definition) is 2. The van der Waals surface area contributed by atoms with Gasteiger partial charge in [-0.2, -0.15) is 0 Å². The highest BCUT2D eigenvalue weighted by molar-refractivity contribution is 5.56. The third-order valence-electron chi connectivity index (χ3n) is 2.67. The number of methoxy groups -OCH3 is 1. The van der Waals surface area contributed by atoms with E-state index in [-0.39, 0.29) is 6.61 Å². The zero-order valence-electron chi connectivity index (χ0n) is 8.29. The van der Waals surface area contributed by atoms with E-state index in [0.29, 0.717) is 5.92 Å². The maximum Gasteiger partial charge on any atom is 0.120 e. The van der Waals surface area contributed by atoms with Crippen LogP contribution in [0.1, 0.15) is 5.56 Å². The van der Waals surface area contributed by atoms with E-state index in [0.717, 1.165) is 24.4 Å². The van der Waals surface area contributed by atoms with Crippen LogP contribution in [0.4, 0.5) is 5.69 Å². The summed E-state index contributed by atoms with van der Waals surface area (Å²) in [6, 6.07) is 6.02. The zero-order chi connectivity index (χ0) is 9.97. The van der Waals surface area contributed by atoms with Crippen LogP contribution >= 0.6 is 0 Å². The van der Waals surface area contributed by atoms with Crippen molar-refractivity contribution < 1.29 is 9.84 Å². The molecule has 0 amide bonds. The van der Waals surface area contributed by atoms with Gasteiger partial charge in [-0.05, 0) is 18.1 Å². The van der Waals surface area contributed by atoms with Crippen LogP contribution in [0.3, 0.4) is 0 Å². The fraction of sp³-hybridized carbons (Fsp3) is 0.455. The Kier molecular flexibility index (Phi) is 2.59. The molecule has 0 aliphatic carbocycles. The van der Waals surface area contributed by atoms with Crippen LogP contribution in [0.25, 0.3) is 0 Å². The molecule has 0 saturated heterocycles. The molecule has 1 aromatic carbocycles. The van der Waals surface area contributed by atoms with Gasteiger partial charge in [-0.1, -0.05) is 6.07 Å². The minimum absolute atomic E-state index is 0.248. The second-order valence-corrected chi connectivity index (χ2v) is 3.66. The molecule has 1 atom stereocenters. The van der Waals surface area contributed by atoms with Crippen molar-refractivity contribution in [2.24, 2.45) is 5.92 Å². The number of aliphatic hydroxyl groups excluding tert-OH is 1. The van der Waals surface area contributed by atoms with Crippen LogP contribution in [-0.2, 0) is 6.42 Å². The molecule has 14 heavy (non-hydrogen) atoms. The maximum absolute atomic E-state index is 9.05. The van der Waals surface area contributed by atoms with Crippen molar-refractivity contribution in [3.8, 4) is 5.75 Å². The van der Waals surface area contributed by atoms with E-state index in [1.165, 1.54) is 5.56 Å². The molecule has 2 N–H and O–H groups in total. The molecule has 0 aromatic heterocycles. The van der Waals surface area contributed by atoms with Crippen LogP contribution in [-0.4, -0.2) is 25.4 Å². The van der Waals surface area contributed by atoms with Crippen LogP contribution in [0, 0.1) is 5.92 Å². The molecule has 3 nitrogen and oxygen atoms in total. The van der Waals surface area contributed by atoms with E-state index in [1.807, 2.05) is 12.1 Å². The third kappa shape index (κ3) is 1.68. The summed E-state index contributed by atoms with van der Waals surface area (Å²) in [6.07, 6.45) is 0.947. The van der Waals surface area contributed by atoms with Crippen LogP contribution in [0.5, 0.6) is 5.75 Å². The number of anilines is 1. The second kappa shape index (κ2) is 3.88. The molecule has 1 unspecified atom stereocenters. The van der Waals surface area contributed by atoms with Crippen molar-refractivity contribution in [3.05, 3.63) is 23.8 Å². The average molecular weight is 193 g/mol. The molecule has 1 aliphatic heterocycles. The first-order chi connectivity index (χ1) is 6.83. The summed E-state index contributed by atoms with van der Waals surface area (Å²) >= 11 is 0. The Hall–Kier alpha value is -1.22. The molecule has 0 saturated carbocycles. The summed E-state index contributed by atoms with van der Waals surface area (Å²) < 4.78 is 5.14. The van der Waals surface area contributed by atoms with E-state index in [4.69, 9.17) is 9.84 Å².